The summed E-state index contributed by atoms with van der Waals surface area (Å²) in [6, 6.07) is 4.44. The first-order chi connectivity index (χ1) is 11.8. The van der Waals surface area contributed by atoms with Gasteiger partial charge in [-0.2, -0.15) is 4.31 Å². The van der Waals surface area contributed by atoms with Crippen LogP contribution in [0.4, 0.5) is 5.69 Å². The molecule has 0 bridgehead atoms. The molecule has 25 heavy (non-hydrogen) atoms. The van der Waals surface area contributed by atoms with Crippen LogP contribution < -0.4 is 15.8 Å². The van der Waals surface area contributed by atoms with Crippen molar-refractivity contribution in [3.05, 3.63) is 18.2 Å². The van der Waals surface area contributed by atoms with Crippen molar-refractivity contribution in [1.29, 1.82) is 0 Å². The van der Waals surface area contributed by atoms with Crippen LogP contribution >= 0.6 is 0 Å². The highest BCUT2D eigenvalue weighted by atomic mass is 32.2. The third-order valence-electron chi connectivity index (χ3n) is 3.69. The van der Waals surface area contributed by atoms with Crippen molar-refractivity contribution in [2.24, 2.45) is 5.73 Å². The lowest BCUT2D eigenvalue weighted by atomic mass is 10.2. The molecule has 0 spiro atoms. The van der Waals surface area contributed by atoms with E-state index in [1.165, 1.54) is 16.4 Å². The molecule has 0 heterocycles. The fourth-order valence-corrected chi connectivity index (χ4v) is 3.82. The molecular formula is C17H29N3O4S. The number of amides is 1. The van der Waals surface area contributed by atoms with Crippen LogP contribution in [-0.2, 0) is 14.8 Å². The monoisotopic (exact) mass is 371 g/mol. The van der Waals surface area contributed by atoms with Gasteiger partial charge in [0.2, 0.25) is 15.9 Å². The number of benzene rings is 1. The minimum Gasteiger partial charge on any atom is -0.492 e. The van der Waals surface area contributed by atoms with Crippen LogP contribution in [0.1, 0.15) is 40.5 Å². The number of nitrogens with one attached hydrogen (secondary N) is 1. The minimum absolute atomic E-state index is 0.0773. The van der Waals surface area contributed by atoms with Gasteiger partial charge < -0.3 is 15.8 Å². The third kappa shape index (κ3) is 5.98. The van der Waals surface area contributed by atoms with Crippen molar-refractivity contribution in [2.45, 2.75) is 51.5 Å². The highest BCUT2D eigenvalue weighted by molar-refractivity contribution is 7.89. The number of carbonyl (C=O) groups excluding carboxylic acids is 1. The summed E-state index contributed by atoms with van der Waals surface area (Å²) in [6.07, 6.45) is 0.809. The first-order valence-electron chi connectivity index (χ1n) is 8.58. The van der Waals surface area contributed by atoms with Crippen molar-refractivity contribution in [1.82, 2.24) is 4.31 Å². The quantitative estimate of drug-likeness (QED) is 0.656. The highest BCUT2D eigenvalue weighted by Crippen LogP contribution is 2.29. The van der Waals surface area contributed by atoms with Gasteiger partial charge in [-0.05, 0) is 38.5 Å². The lowest BCUT2D eigenvalue weighted by molar-refractivity contribution is -0.116. The predicted octanol–water partition coefficient (Wildman–Crippen LogP) is 2.18. The summed E-state index contributed by atoms with van der Waals surface area (Å²) < 4.78 is 32.2. The fraction of sp³-hybridized carbons (Fsp3) is 0.588. The fourth-order valence-electron chi connectivity index (χ4n) is 2.33. The molecule has 1 aromatic rings. The Balaban J connectivity index is 3.15. The zero-order valence-electron chi connectivity index (χ0n) is 15.4. The van der Waals surface area contributed by atoms with E-state index in [0.717, 1.165) is 0 Å². The van der Waals surface area contributed by atoms with Crippen molar-refractivity contribution >= 4 is 21.6 Å². The molecule has 142 valence electrons. The molecule has 1 unspecified atom stereocenters. The molecule has 0 saturated heterocycles. The molecule has 0 aliphatic heterocycles. The van der Waals surface area contributed by atoms with Crippen LogP contribution in [0.2, 0.25) is 0 Å². The molecule has 1 atom stereocenters. The molecule has 0 aliphatic carbocycles. The van der Waals surface area contributed by atoms with Gasteiger partial charge in [-0.1, -0.05) is 13.8 Å². The van der Waals surface area contributed by atoms with Gasteiger partial charge in [0, 0.05) is 25.6 Å². The maximum atomic E-state index is 12.7. The maximum Gasteiger partial charge on any atom is 0.243 e. The molecule has 3 N–H and O–H groups in total. The molecular weight excluding hydrogens is 342 g/mol. The van der Waals surface area contributed by atoms with Crippen LogP contribution in [0.15, 0.2) is 23.1 Å². The second-order valence-electron chi connectivity index (χ2n) is 5.74. The molecule has 7 nitrogen and oxygen atoms in total. The second-order valence-corrected chi connectivity index (χ2v) is 7.68. The first kappa shape index (κ1) is 21.4. The lowest BCUT2D eigenvalue weighted by Crippen LogP contribution is -2.30. The van der Waals surface area contributed by atoms with E-state index in [9.17, 15) is 13.2 Å². The topological polar surface area (TPSA) is 102 Å². The van der Waals surface area contributed by atoms with Crippen LogP contribution in [0.25, 0.3) is 0 Å². The summed E-state index contributed by atoms with van der Waals surface area (Å²) in [5.41, 5.74) is 6.02. The summed E-state index contributed by atoms with van der Waals surface area (Å²) in [5.74, 6) is 0.214. The van der Waals surface area contributed by atoms with E-state index in [0.29, 0.717) is 37.6 Å². The van der Waals surface area contributed by atoms with Crippen LogP contribution in [0.5, 0.6) is 5.75 Å². The smallest absolute Gasteiger partial charge is 0.243 e. The molecule has 1 aromatic carbocycles. The number of hydrogen-bond acceptors (Lipinski definition) is 5. The second kappa shape index (κ2) is 9.74. The van der Waals surface area contributed by atoms with Crippen LogP contribution in [0, 0.1) is 0 Å². The molecule has 1 amide bonds. The normalized spacial score (nSPS) is 12.9. The average Bonchev–Trinajstić information content (AvgIpc) is 2.55. The maximum absolute atomic E-state index is 12.7. The van der Waals surface area contributed by atoms with E-state index in [1.807, 2.05) is 13.8 Å². The average molecular weight is 372 g/mol. The van der Waals surface area contributed by atoms with Crippen LogP contribution in [-0.4, -0.2) is 44.4 Å². The molecule has 0 aromatic heterocycles. The Morgan fingerprint density at radius 1 is 1.28 bits per heavy atom. The summed E-state index contributed by atoms with van der Waals surface area (Å²) in [7, 11) is -3.61. The Bertz CT molecular complexity index is 670. The third-order valence-corrected chi connectivity index (χ3v) is 5.74. The van der Waals surface area contributed by atoms with Gasteiger partial charge in [0.1, 0.15) is 5.75 Å². The predicted molar refractivity (Wildman–Crippen MR) is 99.2 cm³/mol. The van der Waals surface area contributed by atoms with Gasteiger partial charge in [-0.15, -0.1) is 0 Å². The number of anilines is 1. The van der Waals surface area contributed by atoms with E-state index < -0.39 is 10.0 Å². The Labute approximate surface area is 150 Å². The Morgan fingerprint density at radius 2 is 1.92 bits per heavy atom. The number of carbonyl (C=O) groups is 1. The molecule has 1 rings (SSSR count). The van der Waals surface area contributed by atoms with Crippen molar-refractivity contribution in [2.75, 3.05) is 25.0 Å². The van der Waals surface area contributed by atoms with Crippen LogP contribution in [0.3, 0.4) is 0 Å². The zero-order valence-corrected chi connectivity index (χ0v) is 16.2. The van der Waals surface area contributed by atoms with E-state index in [1.54, 1.807) is 19.9 Å². The van der Waals surface area contributed by atoms with Gasteiger partial charge in [0.25, 0.3) is 0 Å². The Morgan fingerprint density at radius 3 is 2.44 bits per heavy atom. The largest absolute Gasteiger partial charge is 0.492 e. The molecule has 0 fully saturated rings. The van der Waals surface area contributed by atoms with E-state index >= 15 is 0 Å². The van der Waals surface area contributed by atoms with Gasteiger partial charge in [0.15, 0.2) is 0 Å². The number of hydrogen-bond donors (Lipinski definition) is 2. The van der Waals surface area contributed by atoms with Crippen molar-refractivity contribution < 1.29 is 17.9 Å². The standard InChI is InChI=1S/C17H29N3O4S/c1-5-20(6-2)25(22,23)14-9-10-16(24-7-3)15(12-14)19-17(21)11-8-13(4)18/h9-10,12-13H,5-8,11,18H2,1-4H3,(H,19,21). The number of sulfonamides is 1. The molecule has 0 radical (unpaired) electrons. The summed E-state index contributed by atoms with van der Waals surface area (Å²) in [6.45, 7) is 8.38. The van der Waals surface area contributed by atoms with Gasteiger partial charge in [0.05, 0.1) is 17.2 Å². The first-order valence-corrected chi connectivity index (χ1v) is 10.0. The number of rotatable bonds is 10. The van der Waals surface area contributed by atoms with E-state index in [4.69, 9.17) is 10.5 Å². The van der Waals surface area contributed by atoms with Gasteiger partial charge in [-0.25, -0.2) is 8.42 Å². The molecule has 0 saturated carbocycles. The van der Waals surface area contributed by atoms with E-state index in [-0.39, 0.29) is 23.3 Å². The Hall–Kier alpha value is -1.64. The molecule has 0 aliphatic rings. The summed E-state index contributed by atoms with van der Waals surface area (Å²) >= 11 is 0. The number of nitrogens with zero attached hydrogens (tertiary/aromatic N) is 1. The minimum atomic E-state index is -3.61. The highest BCUT2D eigenvalue weighted by Gasteiger charge is 2.23. The van der Waals surface area contributed by atoms with Crippen molar-refractivity contribution in [3.63, 3.8) is 0 Å². The Kier molecular flexibility index (Phi) is 8.34. The summed E-state index contributed by atoms with van der Waals surface area (Å²) in [5, 5.41) is 2.74. The SMILES string of the molecule is CCOc1ccc(S(=O)(=O)N(CC)CC)cc1NC(=O)CCC(C)N. The summed E-state index contributed by atoms with van der Waals surface area (Å²) in [4.78, 5) is 12.2. The molecule has 8 heteroatoms. The lowest BCUT2D eigenvalue weighted by Gasteiger charge is -2.20. The zero-order chi connectivity index (χ0) is 19.0. The van der Waals surface area contributed by atoms with Gasteiger partial charge in [-0.3, -0.25) is 4.79 Å². The van der Waals surface area contributed by atoms with Gasteiger partial charge >= 0.3 is 0 Å². The van der Waals surface area contributed by atoms with Crippen molar-refractivity contribution in [3.8, 4) is 5.75 Å². The number of nitrogens with two attached hydrogens (primary N) is 1. The van der Waals surface area contributed by atoms with E-state index in [2.05, 4.69) is 5.32 Å². The number of ether oxygens (including phenoxy) is 1.